The predicted octanol–water partition coefficient (Wildman–Crippen LogP) is 9.91. The zero-order valence-corrected chi connectivity index (χ0v) is 48.4. The maximum atomic E-state index is 5.51. The summed E-state index contributed by atoms with van der Waals surface area (Å²) in [5.74, 6) is 0. The highest BCUT2D eigenvalue weighted by molar-refractivity contribution is 6.27. The van der Waals surface area contributed by atoms with E-state index in [-0.39, 0.29) is 0 Å². The Bertz CT molecular complexity index is 4340. The van der Waals surface area contributed by atoms with Crippen LogP contribution in [0.15, 0.2) is 113 Å². The van der Waals surface area contributed by atoms with E-state index in [0.717, 1.165) is 177 Å². The van der Waals surface area contributed by atoms with Crippen molar-refractivity contribution in [3.05, 3.63) is 180 Å². The number of fused-ring (bicyclic) bond motifs is 16. The number of aromatic nitrogens is 5. The van der Waals surface area contributed by atoms with Gasteiger partial charge in [0.25, 0.3) is 0 Å². The topological polar surface area (TPSA) is 128 Å². The summed E-state index contributed by atoms with van der Waals surface area (Å²) in [6, 6.07) is 9.08. The quantitative estimate of drug-likeness (QED) is 0.0816. The Kier molecular flexibility index (Phi) is 14.6. The molecule has 1 aliphatic carbocycles. The summed E-state index contributed by atoms with van der Waals surface area (Å²) in [7, 11) is 0. The van der Waals surface area contributed by atoms with E-state index >= 15 is 0 Å². The first-order chi connectivity index (χ1) is 37.9. The summed E-state index contributed by atoms with van der Waals surface area (Å²) < 4.78 is 0. The van der Waals surface area contributed by atoms with E-state index in [1.54, 1.807) is 0 Å². The summed E-state index contributed by atoms with van der Waals surface area (Å²) in [5, 5.41) is 11.0. The lowest BCUT2D eigenvalue weighted by Crippen LogP contribution is -2.16. The first-order valence-electron chi connectivity index (χ1n) is 29.4. The minimum Gasteiger partial charge on any atom is -0.355 e. The zero-order valence-electron chi connectivity index (χ0n) is 48.4. The molecule has 5 N–H and O–H groups in total. The maximum Gasteiger partial charge on any atom is 0.0907 e. The van der Waals surface area contributed by atoms with Gasteiger partial charge in [-0.2, -0.15) is 0 Å². The van der Waals surface area contributed by atoms with Crippen LogP contribution < -0.4 is 42.8 Å². The molecule has 11 rings (SSSR count). The van der Waals surface area contributed by atoms with Gasteiger partial charge in [0.15, 0.2) is 0 Å². The Balaban J connectivity index is 1.17. The molecule has 6 aliphatic rings. The maximum absolute atomic E-state index is 5.51. The van der Waals surface area contributed by atoms with Crippen molar-refractivity contribution in [2.24, 2.45) is 20.0 Å². The molecule has 5 aromatic heterocycles. The summed E-state index contributed by atoms with van der Waals surface area (Å²) in [5.41, 5.74) is 26.1. The van der Waals surface area contributed by atoms with Gasteiger partial charge >= 0.3 is 0 Å². The van der Waals surface area contributed by atoms with Gasteiger partial charge < -0.3 is 24.9 Å². The van der Waals surface area contributed by atoms with Crippen LogP contribution in [0, 0.1) is 24.5 Å². The fraction of sp³-hybridized carbons (Fsp3) is 0.362. The second-order valence-corrected chi connectivity index (χ2v) is 22.1. The Hall–Kier alpha value is -7.52. The third kappa shape index (κ3) is 9.36. The minimum absolute atomic E-state index is 0.821. The van der Waals surface area contributed by atoms with Gasteiger partial charge in [0.2, 0.25) is 0 Å². The molecule has 9 nitrogen and oxygen atoms in total. The van der Waals surface area contributed by atoms with Crippen molar-refractivity contribution in [2.45, 2.75) is 167 Å². The lowest BCUT2D eigenvalue weighted by atomic mass is 10.0. The SMILES string of the molecule is CCCC1=CC2=C3C=CC(=c4cc(CCC)c([nH]4)=CC4=NC(=c5[nH]c(c(CC)c5C)=CC5=NC(=c6ccc([nH]6)=c6cc(CCC)c([nH]6)=CC6=NC(=c7[nH]c(c(CC)c7C)=CC1=N2)C(C)=C6CC)C=C5CCC)C(C)=C4CC)C3. The van der Waals surface area contributed by atoms with E-state index in [0.29, 0.717) is 0 Å². The highest BCUT2D eigenvalue weighted by atomic mass is 14.9. The second-order valence-electron chi connectivity index (χ2n) is 22.1. The van der Waals surface area contributed by atoms with Gasteiger partial charge in [-0.15, -0.1) is 0 Å². The molecule has 0 saturated carbocycles. The van der Waals surface area contributed by atoms with E-state index in [1.165, 1.54) is 83.3 Å². The number of nitrogens with one attached hydrogen (secondary N) is 5. The molecule has 5 aromatic rings. The lowest BCUT2D eigenvalue weighted by Gasteiger charge is -2.01. The standard InChI is InChI=1S/C69H79N9/c1-13-21-42-30-54-46-25-26-47(29-46)55-31-43(22-14-2)57(72-55)35-61-49(18-6)39(10)67(76-61)69-41(12)51(20-8)63(78-69)37-59-45(24-16-4)33-65(74-59)53-28-27-52(70-53)64-32-44(23-15-3)58(73-64)36-62-50(19-7)40(11)68(77-62)66-38(9)48(17-5)60(75-66)34-56(42)71-54/h25-28,30-37,70-71,74,76-77H,13-24,29H2,1-12H3. The van der Waals surface area contributed by atoms with Crippen LogP contribution >= 0.6 is 0 Å². The number of aromatic amines is 5. The van der Waals surface area contributed by atoms with Crippen LogP contribution in [0.3, 0.4) is 0 Å². The first kappa shape index (κ1) is 52.5. The fourth-order valence-electron chi connectivity index (χ4n) is 12.9. The van der Waals surface area contributed by atoms with Gasteiger partial charge in [0.1, 0.15) is 0 Å². The summed E-state index contributed by atoms with van der Waals surface area (Å²) in [6.07, 6.45) is 30.9. The summed E-state index contributed by atoms with van der Waals surface area (Å²) >= 11 is 0. The molecule has 0 unspecified atom stereocenters. The van der Waals surface area contributed by atoms with Gasteiger partial charge in [-0.25, -0.2) is 20.0 Å². The molecule has 0 amide bonds. The Morgan fingerprint density at radius 3 is 1.38 bits per heavy atom. The smallest absolute Gasteiger partial charge is 0.0907 e. The molecule has 10 heterocycles. The van der Waals surface area contributed by atoms with Gasteiger partial charge in [0, 0.05) is 33.2 Å². The van der Waals surface area contributed by atoms with E-state index in [4.69, 9.17) is 20.0 Å². The minimum atomic E-state index is 0.821. The second kappa shape index (κ2) is 21.7. The fourth-order valence-corrected chi connectivity index (χ4v) is 12.9. The van der Waals surface area contributed by atoms with Crippen molar-refractivity contribution in [1.82, 2.24) is 24.9 Å². The van der Waals surface area contributed by atoms with E-state index in [2.05, 4.69) is 181 Å². The van der Waals surface area contributed by atoms with Gasteiger partial charge in [-0.05, 0) is 218 Å². The number of H-pyrrole nitrogens is 5. The highest BCUT2D eigenvalue weighted by Crippen LogP contribution is 2.33. The third-order valence-electron chi connectivity index (χ3n) is 17.0. The Morgan fingerprint density at radius 2 is 0.872 bits per heavy atom. The molecule has 0 aromatic carbocycles. The molecule has 400 valence electrons. The van der Waals surface area contributed by atoms with Gasteiger partial charge in [0.05, 0.1) is 72.4 Å². The van der Waals surface area contributed by atoms with Crippen LogP contribution in [-0.2, 0) is 25.7 Å². The molecule has 5 aliphatic heterocycles. The van der Waals surface area contributed by atoms with Crippen LogP contribution in [0.1, 0.15) is 160 Å². The molecule has 0 radical (unpaired) electrons. The van der Waals surface area contributed by atoms with Crippen LogP contribution in [0.2, 0.25) is 0 Å². The summed E-state index contributed by atoms with van der Waals surface area (Å²) in [4.78, 5) is 41.3. The number of aryl methyl sites for hydroxylation is 2. The normalized spacial score (nSPS) is 17.1. The number of nitrogens with zero attached hydrogens (tertiary/aromatic N) is 4. The highest BCUT2D eigenvalue weighted by Gasteiger charge is 2.25. The lowest BCUT2D eigenvalue weighted by molar-refractivity contribution is 0.916. The molecule has 20 bridgehead atoms. The third-order valence-corrected chi connectivity index (χ3v) is 17.0. The van der Waals surface area contributed by atoms with Gasteiger partial charge in [-0.3, -0.25) is 0 Å². The number of rotatable bonds is 12. The molecule has 0 spiro atoms. The Labute approximate surface area is 459 Å². The Morgan fingerprint density at radius 1 is 0.410 bits per heavy atom. The molecule has 0 fully saturated rings. The zero-order chi connectivity index (χ0) is 54.5. The number of aliphatic imine (C=N–C) groups is 4. The molecule has 78 heavy (non-hydrogen) atoms. The van der Waals surface area contributed by atoms with Crippen molar-refractivity contribution < 1.29 is 0 Å². The van der Waals surface area contributed by atoms with Crippen molar-refractivity contribution in [3.63, 3.8) is 0 Å². The first-order valence-corrected chi connectivity index (χ1v) is 29.4. The largest absolute Gasteiger partial charge is 0.355 e. The van der Waals surface area contributed by atoms with Crippen molar-refractivity contribution in [1.29, 1.82) is 0 Å². The number of hydrogen-bond acceptors (Lipinski definition) is 4. The average molecular weight is 1030 g/mol. The van der Waals surface area contributed by atoms with Crippen LogP contribution in [0.5, 0.6) is 0 Å². The monoisotopic (exact) mass is 1030 g/mol. The van der Waals surface area contributed by atoms with Crippen molar-refractivity contribution >= 4 is 69.8 Å². The summed E-state index contributed by atoms with van der Waals surface area (Å²) in [6.45, 7) is 27.1. The van der Waals surface area contributed by atoms with Crippen LogP contribution in [0.25, 0.3) is 47.0 Å². The van der Waals surface area contributed by atoms with E-state index < -0.39 is 0 Å². The van der Waals surface area contributed by atoms with Gasteiger partial charge in [-0.1, -0.05) is 93.2 Å². The molecule has 9 heteroatoms. The average Bonchev–Trinajstić information content (AvgIpc) is 4.41. The van der Waals surface area contributed by atoms with Crippen LogP contribution in [0.4, 0.5) is 0 Å². The van der Waals surface area contributed by atoms with Crippen molar-refractivity contribution in [3.8, 4) is 0 Å². The van der Waals surface area contributed by atoms with E-state index in [1.807, 2.05) is 0 Å². The van der Waals surface area contributed by atoms with Crippen LogP contribution in [-0.4, -0.2) is 47.8 Å². The van der Waals surface area contributed by atoms with Crippen molar-refractivity contribution in [2.75, 3.05) is 0 Å². The molecule has 0 saturated heterocycles. The van der Waals surface area contributed by atoms with E-state index in [9.17, 15) is 0 Å². The molecular weight excluding hydrogens is 955 g/mol. The molecule has 0 atom stereocenters. The number of allylic oxidation sites excluding steroid dienone is 8. The predicted molar refractivity (Wildman–Crippen MR) is 329 cm³/mol. The number of hydrogen-bond donors (Lipinski definition) is 5. The molecular formula is C69H79N9.